The molecule has 0 bridgehead atoms. The summed E-state index contributed by atoms with van der Waals surface area (Å²) in [6, 6.07) is 11.2. The number of ether oxygens (including phenoxy) is 1. The zero-order valence-electron chi connectivity index (χ0n) is 15.3. The van der Waals surface area contributed by atoms with Crippen molar-refractivity contribution >= 4 is 17.4 Å². The van der Waals surface area contributed by atoms with E-state index in [2.05, 4.69) is 41.6 Å². The van der Waals surface area contributed by atoms with E-state index in [1.54, 1.807) is 19.2 Å². The van der Waals surface area contributed by atoms with Gasteiger partial charge in [0, 0.05) is 25.9 Å². The van der Waals surface area contributed by atoms with E-state index in [0.717, 1.165) is 18.7 Å². The second-order valence-corrected chi connectivity index (χ2v) is 6.86. The van der Waals surface area contributed by atoms with Crippen molar-refractivity contribution < 1.29 is 9.53 Å². The third-order valence-corrected chi connectivity index (χ3v) is 3.74. The van der Waals surface area contributed by atoms with Gasteiger partial charge in [-0.3, -0.25) is 4.79 Å². The molecule has 0 spiro atoms. The quantitative estimate of drug-likeness (QED) is 0.754. The van der Waals surface area contributed by atoms with E-state index < -0.39 is 0 Å². The topological polar surface area (TPSA) is 76.1 Å². The molecule has 6 heteroatoms. The molecule has 0 saturated heterocycles. The lowest BCUT2D eigenvalue weighted by atomic mass is 9.87. The first-order valence-corrected chi connectivity index (χ1v) is 8.38. The van der Waals surface area contributed by atoms with Crippen molar-refractivity contribution in [1.82, 2.24) is 10.2 Å². The van der Waals surface area contributed by atoms with E-state index in [0.29, 0.717) is 12.4 Å². The summed E-state index contributed by atoms with van der Waals surface area (Å²) in [5.74, 6) is 0.365. The van der Waals surface area contributed by atoms with Crippen LogP contribution >= 0.6 is 0 Å². The summed E-state index contributed by atoms with van der Waals surface area (Å²) in [5, 5.41) is 14.0. The Morgan fingerprint density at radius 1 is 1.08 bits per heavy atom. The van der Waals surface area contributed by atoms with Gasteiger partial charge < -0.3 is 15.4 Å². The Morgan fingerprint density at radius 3 is 2.36 bits per heavy atom. The van der Waals surface area contributed by atoms with Crippen LogP contribution in [-0.2, 0) is 10.2 Å². The first-order chi connectivity index (χ1) is 11.9. The summed E-state index contributed by atoms with van der Waals surface area (Å²) in [6.45, 7) is 7.90. The van der Waals surface area contributed by atoms with Gasteiger partial charge in [-0.2, -0.15) is 0 Å². The number of amides is 1. The fourth-order valence-corrected chi connectivity index (χ4v) is 2.23. The van der Waals surface area contributed by atoms with Crippen molar-refractivity contribution in [3.05, 3.63) is 47.7 Å². The van der Waals surface area contributed by atoms with Crippen LogP contribution < -0.4 is 10.6 Å². The number of carbonyl (C=O) groups excluding carboxylic acids is 1. The van der Waals surface area contributed by atoms with Crippen molar-refractivity contribution in [2.24, 2.45) is 0 Å². The number of nitrogens with zero attached hydrogens (tertiary/aromatic N) is 2. The van der Waals surface area contributed by atoms with Gasteiger partial charge in [0.15, 0.2) is 5.69 Å². The van der Waals surface area contributed by atoms with E-state index in [1.165, 1.54) is 5.56 Å². The van der Waals surface area contributed by atoms with Crippen LogP contribution in [0.4, 0.5) is 11.5 Å². The highest BCUT2D eigenvalue weighted by molar-refractivity contribution is 6.02. The van der Waals surface area contributed by atoms with Crippen LogP contribution in [0.25, 0.3) is 0 Å². The molecule has 0 aliphatic rings. The highest BCUT2D eigenvalue weighted by Gasteiger charge is 2.14. The van der Waals surface area contributed by atoms with Gasteiger partial charge in [0.2, 0.25) is 0 Å². The first kappa shape index (κ1) is 18.9. The molecule has 6 nitrogen and oxygen atoms in total. The highest BCUT2D eigenvalue weighted by atomic mass is 16.5. The Hall–Kier alpha value is -2.47. The zero-order chi connectivity index (χ0) is 18.3. The molecular weight excluding hydrogens is 316 g/mol. The summed E-state index contributed by atoms with van der Waals surface area (Å²) < 4.78 is 4.98. The van der Waals surface area contributed by atoms with Crippen LogP contribution in [0.1, 0.15) is 43.2 Å². The number of methoxy groups -OCH3 is 1. The molecule has 0 unspecified atom stereocenters. The van der Waals surface area contributed by atoms with Gasteiger partial charge in [-0.05, 0) is 41.7 Å². The van der Waals surface area contributed by atoms with Gasteiger partial charge in [0.05, 0.1) is 0 Å². The average molecular weight is 342 g/mol. The second-order valence-electron chi connectivity index (χ2n) is 6.86. The lowest BCUT2D eigenvalue weighted by Crippen LogP contribution is -2.16. The normalized spacial score (nSPS) is 11.2. The Balaban J connectivity index is 1.92. The number of aromatic nitrogens is 2. The van der Waals surface area contributed by atoms with E-state index in [9.17, 15) is 4.79 Å². The summed E-state index contributed by atoms with van der Waals surface area (Å²) in [7, 11) is 1.67. The Kier molecular flexibility index (Phi) is 6.47. The lowest BCUT2D eigenvalue weighted by Gasteiger charge is -2.19. The van der Waals surface area contributed by atoms with Gasteiger partial charge in [0.1, 0.15) is 5.82 Å². The van der Waals surface area contributed by atoms with Crippen LogP contribution in [0.5, 0.6) is 0 Å². The number of anilines is 2. The molecule has 25 heavy (non-hydrogen) atoms. The van der Waals surface area contributed by atoms with Crippen LogP contribution in [0.15, 0.2) is 36.4 Å². The Bertz CT molecular complexity index is 676. The minimum atomic E-state index is -0.276. The number of rotatable bonds is 7. The van der Waals surface area contributed by atoms with E-state index in [4.69, 9.17) is 4.74 Å². The van der Waals surface area contributed by atoms with Gasteiger partial charge in [-0.25, -0.2) is 0 Å². The molecule has 0 radical (unpaired) electrons. The number of carbonyl (C=O) groups is 1. The number of nitrogens with one attached hydrogen (secondary N) is 2. The molecule has 2 N–H and O–H groups in total. The fourth-order valence-electron chi connectivity index (χ4n) is 2.23. The second kappa shape index (κ2) is 8.58. The van der Waals surface area contributed by atoms with E-state index in [1.807, 2.05) is 24.3 Å². The van der Waals surface area contributed by atoms with Crippen molar-refractivity contribution in [2.45, 2.75) is 32.6 Å². The molecule has 2 rings (SSSR count). The van der Waals surface area contributed by atoms with Crippen LogP contribution in [-0.4, -0.2) is 36.4 Å². The molecule has 1 heterocycles. The molecule has 0 aliphatic carbocycles. The van der Waals surface area contributed by atoms with Crippen LogP contribution in [0, 0.1) is 0 Å². The number of hydrogen-bond donors (Lipinski definition) is 2. The lowest BCUT2D eigenvalue weighted by molar-refractivity contribution is 0.102. The molecule has 2 aromatic rings. The fraction of sp³-hybridized carbons (Fsp3) is 0.421. The third-order valence-electron chi connectivity index (χ3n) is 3.74. The maximum atomic E-state index is 12.3. The maximum absolute atomic E-state index is 12.3. The van der Waals surface area contributed by atoms with Crippen molar-refractivity contribution in [3.8, 4) is 0 Å². The maximum Gasteiger partial charge on any atom is 0.276 e. The Morgan fingerprint density at radius 2 is 1.80 bits per heavy atom. The third kappa shape index (κ3) is 5.83. The SMILES string of the molecule is COCCCNc1ccc(C(=O)Nc2ccc(C(C)(C)C)cc2)nn1. The monoisotopic (exact) mass is 342 g/mol. The molecule has 134 valence electrons. The van der Waals surface area contributed by atoms with E-state index >= 15 is 0 Å². The van der Waals surface area contributed by atoms with Crippen molar-refractivity contribution in [2.75, 3.05) is 30.9 Å². The first-order valence-electron chi connectivity index (χ1n) is 8.38. The molecular formula is C19H26N4O2. The smallest absolute Gasteiger partial charge is 0.276 e. The van der Waals surface area contributed by atoms with E-state index in [-0.39, 0.29) is 17.0 Å². The molecule has 0 saturated carbocycles. The van der Waals surface area contributed by atoms with Crippen LogP contribution in [0.2, 0.25) is 0 Å². The van der Waals surface area contributed by atoms with Gasteiger partial charge in [0.25, 0.3) is 5.91 Å². The molecule has 0 atom stereocenters. The zero-order valence-corrected chi connectivity index (χ0v) is 15.3. The van der Waals surface area contributed by atoms with Crippen molar-refractivity contribution in [3.63, 3.8) is 0 Å². The summed E-state index contributed by atoms with van der Waals surface area (Å²) in [5.41, 5.74) is 2.32. The van der Waals surface area contributed by atoms with Gasteiger partial charge >= 0.3 is 0 Å². The molecule has 0 fully saturated rings. The van der Waals surface area contributed by atoms with Crippen molar-refractivity contribution in [1.29, 1.82) is 0 Å². The molecule has 0 aliphatic heterocycles. The molecule has 1 amide bonds. The predicted molar refractivity (Wildman–Crippen MR) is 100 cm³/mol. The average Bonchev–Trinajstić information content (AvgIpc) is 2.59. The summed E-state index contributed by atoms with van der Waals surface area (Å²) >= 11 is 0. The summed E-state index contributed by atoms with van der Waals surface area (Å²) in [6.07, 6.45) is 0.880. The number of hydrogen-bond acceptors (Lipinski definition) is 5. The van der Waals surface area contributed by atoms with Crippen LogP contribution in [0.3, 0.4) is 0 Å². The minimum absolute atomic E-state index is 0.0834. The standard InChI is InChI=1S/C19H26N4O2/c1-19(2,3)14-6-8-15(9-7-14)21-18(24)16-10-11-17(23-22-16)20-12-5-13-25-4/h6-11H,5,12-13H2,1-4H3,(H,20,23)(H,21,24). The van der Waals surface area contributed by atoms with Gasteiger partial charge in [-0.1, -0.05) is 32.9 Å². The van der Waals surface area contributed by atoms with Gasteiger partial charge in [-0.15, -0.1) is 10.2 Å². The number of benzene rings is 1. The largest absolute Gasteiger partial charge is 0.385 e. The summed E-state index contributed by atoms with van der Waals surface area (Å²) in [4.78, 5) is 12.3. The predicted octanol–water partition coefficient (Wildman–Crippen LogP) is 3.47. The Labute approximate surface area is 149 Å². The minimum Gasteiger partial charge on any atom is -0.385 e. The highest BCUT2D eigenvalue weighted by Crippen LogP contribution is 2.23. The molecule has 1 aromatic heterocycles. The molecule has 1 aromatic carbocycles.